The molecule has 2 aliphatic heterocycles. The van der Waals surface area contributed by atoms with E-state index in [0.717, 1.165) is 6.29 Å². The minimum Gasteiger partial charge on any atom is -0.383 e. The van der Waals surface area contributed by atoms with Gasteiger partial charge in [-0.3, -0.25) is 4.79 Å². The van der Waals surface area contributed by atoms with Crippen LogP contribution in [0.2, 0.25) is 0 Å². The molecule has 0 bridgehead atoms. The number of rotatable bonds is 1. The highest BCUT2D eigenvalue weighted by Crippen LogP contribution is 2.30. The van der Waals surface area contributed by atoms with Crippen LogP contribution >= 0.6 is 0 Å². The first-order chi connectivity index (χ1) is 4.85. The molecule has 4 nitrogen and oxygen atoms in total. The van der Waals surface area contributed by atoms with Crippen LogP contribution in [-0.4, -0.2) is 30.8 Å². The third-order valence-electron chi connectivity index (χ3n) is 1.73. The predicted octanol–water partition coefficient (Wildman–Crippen LogP) is -0.269. The maximum absolute atomic E-state index is 10.2. The van der Waals surface area contributed by atoms with Crippen molar-refractivity contribution in [1.29, 1.82) is 0 Å². The van der Waals surface area contributed by atoms with Crippen molar-refractivity contribution in [1.82, 2.24) is 0 Å². The van der Waals surface area contributed by atoms with E-state index in [1.165, 1.54) is 0 Å². The van der Waals surface area contributed by atoms with Crippen molar-refractivity contribution >= 4 is 12.0 Å². The number of carbonyl (C=O) groups is 1. The first kappa shape index (κ1) is 5.85. The van der Waals surface area contributed by atoms with Crippen LogP contribution in [0.15, 0.2) is 5.16 Å². The number of nitrogens with zero attached hydrogens (tertiary/aromatic N) is 1. The fraction of sp³-hybridized carbons (Fsp3) is 0.667. The highest BCUT2D eigenvalue weighted by atomic mass is 16.7. The maximum atomic E-state index is 10.2. The summed E-state index contributed by atoms with van der Waals surface area (Å²) in [5, 5.41) is 3.60. The standard InChI is InChI=1S/C6H7NO3/c8-2-5-1-6(10-7-5)3-9-4-6/h2H,1,3-4H2. The maximum Gasteiger partial charge on any atom is 0.189 e. The van der Waals surface area contributed by atoms with Crippen molar-refractivity contribution < 1.29 is 14.4 Å². The molecule has 2 heterocycles. The first-order valence-corrected chi connectivity index (χ1v) is 3.13. The third kappa shape index (κ3) is 0.654. The minimum absolute atomic E-state index is 0.268. The van der Waals surface area contributed by atoms with Crippen molar-refractivity contribution in [3.63, 3.8) is 0 Å². The highest BCUT2D eigenvalue weighted by molar-refractivity contribution is 6.28. The summed E-state index contributed by atoms with van der Waals surface area (Å²) in [5.74, 6) is 0. The molecule has 1 saturated heterocycles. The Hall–Kier alpha value is -0.900. The molecule has 0 aromatic heterocycles. The van der Waals surface area contributed by atoms with Crippen molar-refractivity contribution in [2.75, 3.05) is 13.2 Å². The predicted molar refractivity (Wildman–Crippen MR) is 32.8 cm³/mol. The number of aldehydes is 1. The quantitative estimate of drug-likeness (QED) is 0.472. The molecule has 0 amide bonds. The van der Waals surface area contributed by atoms with E-state index in [2.05, 4.69) is 5.16 Å². The SMILES string of the molecule is O=CC1=NOC2(COC2)C1. The summed E-state index contributed by atoms with van der Waals surface area (Å²) in [4.78, 5) is 15.2. The Morgan fingerprint density at radius 3 is 2.70 bits per heavy atom. The van der Waals surface area contributed by atoms with Crippen LogP contribution in [0.5, 0.6) is 0 Å². The molecule has 10 heavy (non-hydrogen) atoms. The van der Waals surface area contributed by atoms with Crippen molar-refractivity contribution in [2.24, 2.45) is 5.16 Å². The van der Waals surface area contributed by atoms with Crippen molar-refractivity contribution in [2.45, 2.75) is 12.0 Å². The van der Waals surface area contributed by atoms with Crippen LogP contribution in [0.3, 0.4) is 0 Å². The van der Waals surface area contributed by atoms with Crippen LogP contribution in [0.25, 0.3) is 0 Å². The monoisotopic (exact) mass is 141 g/mol. The van der Waals surface area contributed by atoms with Crippen LogP contribution in [0, 0.1) is 0 Å². The minimum atomic E-state index is -0.268. The van der Waals surface area contributed by atoms with Crippen molar-refractivity contribution in [3.8, 4) is 0 Å². The summed E-state index contributed by atoms with van der Waals surface area (Å²) in [6, 6.07) is 0. The molecule has 0 radical (unpaired) electrons. The van der Waals surface area contributed by atoms with Gasteiger partial charge in [-0.1, -0.05) is 5.16 Å². The smallest absolute Gasteiger partial charge is 0.189 e. The zero-order valence-corrected chi connectivity index (χ0v) is 5.37. The summed E-state index contributed by atoms with van der Waals surface area (Å²) < 4.78 is 4.94. The summed E-state index contributed by atoms with van der Waals surface area (Å²) >= 11 is 0. The molecule has 0 atom stereocenters. The number of hydrogen-bond donors (Lipinski definition) is 0. The van der Waals surface area contributed by atoms with Gasteiger partial charge in [0.15, 0.2) is 11.9 Å². The van der Waals surface area contributed by atoms with Crippen LogP contribution in [0.4, 0.5) is 0 Å². The summed E-state index contributed by atoms with van der Waals surface area (Å²) in [6.45, 7) is 1.13. The lowest BCUT2D eigenvalue weighted by molar-refractivity contribution is -0.194. The second-order valence-corrected chi connectivity index (χ2v) is 2.64. The molecule has 4 heteroatoms. The molecule has 0 aromatic carbocycles. The molecule has 2 rings (SSSR count). The van der Waals surface area contributed by atoms with Gasteiger partial charge in [-0.2, -0.15) is 0 Å². The van der Waals surface area contributed by atoms with Crippen LogP contribution < -0.4 is 0 Å². The average molecular weight is 141 g/mol. The molecule has 2 aliphatic rings. The fourth-order valence-electron chi connectivity index (χ4n) is 1.10. The molecule has 0 aliphatic carbocycles. The van der Waals surface area contributed by atoms with Gasteiger partial charge in [-0.15, -0.1) is 0 Å². The van der Waals surface area contributed by atoms with Gasteiger partial charge in [0, 0.05) is 6.42 Å². The van der Waals surface area contributed by atoms with E-state index in [-0.39, 0.29) is 5.60 Å². The molecule has 1 spiro atoms. The molecule has 0 unspecified atom stereocenters. The lowest BCUT2D eigenvalue weighted by Gasteiger charge is -2.34. The molecular weight excluding hydrogens is 134 g/mol. The zero-order valence-electron chi connectivity index (χ0n) is 5.37. The van der Waals surface area contributed by atoms with Crippen molar-refractivity contribution in [3.05, 3.63) is 0 Å². The van der Waals surface area contributed by atoms with Gasteiger partial charge in [-0.25, -0.2) is 0 Å². The van der Waals surface area contributed by atoms with Crippen LogP contribution in [0.1, 0.15) is 6.42 Å². The van der Waals surface area contributed by atoms with E-state index in [1.54, 1.807) is 0 Å². The number of carbonyl (C=O) groups excluding carboxylic acids is 1. The van der Waals surface area contributed by atoms with Gasteiger partial charge in [0.1, 0.15) is 5.71 Å². The molecular formula is C6H7NO3. The zero-order chi connectivity index (χ0) is 7.03. The average Bonchev–Trinajstić information content (AvgIpc) is 2.29. The van der Waals surface area contributed by atoms with E-state index >= 15 is 0 Å². The Morgan fingerprint density at radius 1 is 1.60 bits per heavy atom. The lowest BCUT2D eigenvalue weighted by atomic mass is 9.96. The van der Waals surface area contributed by atoms with E-state index in [0.29, 0.717) is 25.3 Å². The van der Waals surface area contributed by atoms with Crippen LogP contribution in [-0.2, 0) is 14.4 Å². The second kappa shape index (κ2) is 1.79. The molecule has 0 N–H and O–H groups in total. The van der Waals surface area contributed by atoms with Gasteiger partial charge in [0.05, 0.1) is 13.2 Å². The summed E-state index contributed by atoms with van der Waals surface area (Å²) in [6.07, 6.45) is 1.34. The van der Waals surface area contributed by atoms with E-state index in [1.807, 2.05) is 0 Å². The number of oxime groups is 1. The Balaban J connectivity index is 2.04. The topological polar surface area (TPSA) is 47.9 Å². The largest absolute Gasteiger partial charge is 0.383 e. The number of hydrogen-bond acceptors (Lipinski definition) is 4. The number of ether oxygens (including phenoxy) is 1. The lowest BCUT2D eigenvalue weighted by Crippen LogP contribution is -2.49. The summed E-state index contributed by atoms with van der Waals surface area (Å²) in [5.41, 5.74) is 0.222. The molecule has 1 fully saturated rings. The first-order valence-electron chi connectivity index (χ1n) is 3.13. The van der Waals surface area contributed by atoms with Gasteiger partial charge < -0.3 is 9.57 Å². The van der Waals surface area contributed by atoms with Gasteiger partial charge in [-0.05, 0) is 0 Å². The fourth-order valence-corrected chi connectivity index (χ4v) is 1.10. The highest BCUT2D eigenvalue weighted by Gasteiger charge is 2.46. The normalized spacial score (nSPS) is 27.0. The summed E-state index contributed by atoms with van der Waals surface area (Å²) in [7, 11) is 0. The van der Waals surface area contributed by atoms with E-state index < -0.39 is 0 Å². The Labute approximate surface area is 57.8 Å². The second-order valence-electron chi connectivity index (χ2n) is 2.64. The Bertz CT molecular complexity index is 195. The third-order valence-corrected chi connectivity index (χ3v) is 1.73. The van der Waals surface area contributed by atoms with E-state index in [4.69, 9.17) is 9.57 Å². The molecule has 54 valence electrons. The molecule has 0 saturated carbocycles. The van der Waals surface area contributed by atoms with E-state index in [9.17, 15) is 4.79 Å². The molecule has 0 aromatic rings. The van der Waals surface area contributed by atoms with Gasteiger partial charge >= 0.3 is 0 Å². The van der Waals surface area contributed by atoms with Gasteiger partial charge in [0.2, 0.25) is 0 Å². The van der Waals surface area contributed by atoms with Gasteiger partial charge in [0.25, 0.3) is 0 Å². The Morgan fingerprint density at radius 2 is 2.40 bits per heavy atom. The Kier molecular flexibility index (Phi) is 1.05.